The van der Waals surface area contributed by atoms with Gasteiger partial charge >= 0.3 is 6.09 Å². The largest absolute Gasteiger partial charge is 0.446 e. The first-order chi connectivity index (χ1) is 18.1. The highest BCUT2D eigenvalue weighted by atomic mass is 32.2. The summed E-state index contributed by atoms with van der Waals surface area (Å²) in [6.07, 6.45) is 0.940. The number of aryl methyl sites for hydroxylation is 1. The molecule has 2 unspecified atom stereocenters. The maximum atomic E-state index is 13.5. The molecule has 38 heavy (non-hydrogen) atoms. The smallest absolute Gasteiger partial charge is 0.407 e. The number of nitrogens with one attached hydrogen (secondary N) is 1. The van der Waals surface area contributed by atoms with Crippen LogP contribution in [0.3, 0.4) is 0 Å². The van der Waals surface area contributed by atoms with Gasteiger partial charge in [0.05, 0.1) is 23.1 Å². The van der Waals surface area contributed by atoms with Crippen LogP contribution in [0.4, 0.5) is 4.79 Å². The molecule has 2 aromatic rings. The summed E-state index contributed by atoms with van der Waals surface area (Å²) >= 11 is 0. The first-order valence-corrected chi connectivity index (χ1v) is 14.9. The van der Waals surface area contributed by atoms with Crippen molar-refractivity contribution >= 4 is 16.1 Å². The third-order valence-corrected chi connectivity index (χ3v) is 9.21. The molecule has 1 amide bonds. The van der Waals surface area contributed by atoms with E-state index < -0.39 is 28.3 Å². The van der Waals surface area contributed by atoms with E-state index in [1.54, 1.807) is 24.3 Å². The van der Waals surface area contributed by atoms with E-state index >= 15 is 0 Å². The quantitative estimate of drug-likeness (QED) is 0.445. The van der Waals surface area contributed by atoms with Crippen LogP contribution in [-0.2, 0) is 25.9 Å². The Kier molecular flexibility index (Phi) is 9.46. The summed E-state index contributed by atoms with van der Waals surface area (Å²) in [6, 6.07) is 15.4. The molecule has 1 aliphatic carbocycles. The van der Waals surface area contributed by atoms with Crippen LogP contribution >= 0.6 is 0 Å². The molecule has 1 saturated heterocycles. The molecule has 2 aliphatic rings. The first-order valence-electron chi connectivity index (χ1n) is 13.5. The Morgan fingerprint density at radius 3 is 2.47 bits per heavy atom. The fourth-order valence-electron chi connectivity index (χ4n) is 5.37. The van der Waals surface area contributed by atoms with Gasteiger partial charge in [-0.1, -0.05) is 61.9 Å². The van der Waals surface area contributed by atoms with Crippen molar-refractivity contribution in [2.45, 2.75) is 75.7 Å². The number of aliphatic hydroxyl groups is 1. The summed E-state index contributed by atoms with van der Waals surface area (Å²) in [5, 5.41) is 14.2. The van der Waals surface area contributed by atoms with Gasteiger partial charge in [-0.15, -0.1) is 0 Å². The molecule has 2 fully saturated rings. The van der Waals surface area contributed by atoms with Crippen molar-refractivity contribution < 1.29 is 27.8 Å². The Balaban J connectivity index is 1.49. The molecule has 0 bridgehead atoms. The van der Waals surface area contributed by atoms with Crippen molar-refractivity contribution in [2.24, 2.45) is 11.8 Å². The lowest BCUT2D eigenvalue weighted by molar-refractivity contribution is 0.0554. The predicted molar refractivity (Wildman–Crippen MR) is 145 cm³/mol. The average molecular weight is 545 g/mol. The number of benzene rings is 2. The zero-order valence-electron chi connectivity index (χ0n) is 22.5. The number of sulfonamides is 1. The van der Waals surface area contributed by atoms with E-state index in [1.165, 1.54) is 4.31 Å². The number of nitrogens with zero attached hydrogens (tertiary/aromatic N) is 1. The van der Waals surface area contributed by atoms with Crippen LogP contribution in [0.1, 0.15) is 44.2 Å². The van der Waals surface area contributed by atoms with Gasteiger partial charge < -0.3 is 19.9 Å². The summed E-state index contributed by atoms with van der Waals surface area (Å²) < 4.78 is 39.8. The number of ether oxygens (including phenoxy) is 2. The number of fused-ring (bicyclic) bond motifs is 1. The molecular formula is C29H40N2O6S. The molecule has 8 nitrogen and oxygen atoms in total. The van der Waals surface area contributed by atoms with E-state index in [2.05, 4.69) is 5.32 Å². The van der Waals surface area contributed by atoms with Gasteiger partial charge in [0.25, 0.3) is 0 Å². The van der Waals surface area contributed by atoms with Crippen molar-refractivity contribution in [1.82, 2.24) is 9.62 Å². The van der Waals surface area contributed by atoms with Crippen molar-refractivity contribution in [3.63, 3.8) is 0 Å². The third kappa shape index (κ3) is 7.34. The maximum absolute atomic E-state index is 13.5. The topological polar surface area (TPSA) is 105 Å². The van der Waals surface area contributed by atoms with E-state index in [-0.39, 0.29) is 36.1 Å². The van der Waals surface area contributed by atoms with Gasteiger partial charge in [-0.3, -0.25) is 0 Å². The molecule has 0 aromatic heterocycles. The second-order valence-corrected chi connectivity index (χ2v) is 12.9. The standard InChI is InChI=1S/C29H40N2O6S/c1-20(2)18-31(38(34,35)25-11-9-21(3)10-12-25)19-27(32)26(15-22-7-5-4-6-8-22)30-29(33)37-24-16-23-13-14-36-28(23)17-24/h4-12,20,23-24,26-28,32H,13-19H2,1-3H3,(H,30,33)/t23?,24?,26-,27+,28+/m0/s1. The molecular weight excluding hydrogens is 504 g/mol. The van der Waals surface area contributed by atoms with Gasteiger partial charge in [0.2, 0.25) is 10.0 Å². The van der Waals surface area contributed by atoms with Crippen LogP contribution in [0.25, 0.3) is 0 Å². The highest BCUT2D eigenvalue weighted by Crippen LogP contribution is 2.37. The molecule has 5 atom stereocenters. The number of hydrogen-bond donors (Lipinski definition) is 2. The number of amides is 1. The van der Waals surface area contributed by atoms with E-state index in [0.29, 0.717) is 18.8 Å². The minimum Gasteiger partial charge on any atom is -0.446 e. The molecule has 2 aromatic carbocycles. The number of rotatable bonds is 11. The third-order valence-electron chi connectivity index (χ3n) is 7.37. The second-order valence-electron chi connectivity index (χ2n) is 11.0. The molecule has 208 valence electrons. The van der Waals surface area contributed by atoms with Gasteiger partial charge in [-0.25, -0.2) is 13.2 Å². The number of carbonyl (C=O) groups excluding carboxylic acids is 1. The Morgan fingerprint density at radius 1 is 1.11 bits per heavy atom. The van der Waals surface area contributed by atoms with E-state index in [9.17, 15) is 18.3 Å². The van der Waals surface area contributed by atoms with E-state index in [1.807, 2.05) is 51.1 Å². The minimum absolute atomic E-state index is 0.0389. The van der Waals surface area contributed by atoms with Crippen molar-refractivity contribution in [3.05, 3.63) is 65.7 Å². The molecule has 1 aliphatic heterocycles. The molecule has 0 spiro atoms. The Labute approximate surface area is 226 Å². The zero-order chi connectivity index (χ0) is 27.3. The monoisotopic (exact) mass is 544 g/mol. The lowest BCUT2D eigenvalue weighted by Crippen LogP contribution is -2.51. The molecule has 1 heterocycles. The number of aliphatic hydroxyl groups excluding tert-OH is 1. The average Bonchev–Trinajstić information content (AvgIpc) is 3.45. The van der Waals surface area contributed by atoms with Crippen LogP contribution in [0.5, 0.6) is 0 Å². The fraction of sp³-hybridized carbons (Fsp3) is 0.552. The van der Waals surface area contributed by atoms with Gasteiger partial charge in [0.1, 0.15) is 6.10 Å². The van der Waals surface area contributed by atoms with E-state index in [0.717, 1.165) is 30.6 Å². The van der Waals surface area contributed by atoms with Crippen LogP contribution < -0.4 is 5.32 Å². The Bertz CT molecular complexity index is 1140. The highest BCUT2D eigenvalue weighted by molar-refractivity contribution is 7.89. The van der Waals surface area contributed by atoms with Crippen LogP contribution in [0.15, 0.2) is 59.5 Å². The first kappa shape index (κ1) is 28.5. The molecule has 4 rings (SSSR count). The van der Waals surface area contributed by atoms with Crippen molar-refractivity contribution in [1.29, 1.82) is 0 Å². The minimum atomic E-state index is -3.85. The molecule has 1 saturated carbocycles. The lowest BCUT2D eigenvalue weighted by atomic mass is 10.0. The summed E-state index contributed by atoms with van der Waals surface area (Å²) in [6.45, 7) is 6.60. The SMILES string of the molecule is Cc1ccc(S(=O)(=O)N(CC(C)C)C[C@@H](O)[C@H](Cc2ccccc2)NC(=O)OC2CC3CCO[C@@H]3C2)cc1. The summed E-state index contributed by atoms with van der Waals surface area (Å²) in [7, 11) is -3.85. The molecule has 2 N–H and O–H groups in total. The van der Waals surface area contributed by atoms with Crippen molar-refractivity contribution in [2.75, 3.05) is 19.7 Å². The second kappa shape index (κ2) is 12.6. The van der Waals surface area contributed by atoms with Crippen LogP contribution in [-0.4, -0.2) is 68.0 Å². The van der Waals surface area contributed by atoms with Crippen molar-refractivity contribution in [3.8, 4) is 0 Å². The van der Waals surface area contributed by atoms with Crippen LogP contribution in [0.2, 0.25) is 0 Å². The van der Waals surface area contributed by atoms with E-state index in [4.69, 9.17) is 9.47 Å². The van der Waals surface area contributed by atoms with Gasteiger partial charge in [-0.2, -0.15) is 4.31 Å². The lowest BCUT2D eigenvalue weighted by Gasteiger charge is -2.31. The highest BCUT2D eigenvalue weighted by Gasteiger charge is 2.40. The number of hydrogen-bond acceptors (Lipinski definition) is 6. The zero-order valence-corrected chi connectivity index (χ0v) is 23.3. The number of carbonyl (C=O) groups is 1. The fourth-order valence-corrected chi connectivity index (χ4v) is 6.99. The van der Waals surface area contributed by atoms with Gasteiger partial charge in [0.15, 0.2) is 0 Å². The molecule has 9 heteroatoms. The van der Waals surface area contributed by atoms with Gasteiger partial charge in [-0.05, 0) is 55.7 Å². The van der Waals surface area contributed by atoms with Crippen LogP contribution in [0, 0.1) is 18.8 Å². The maximum Gasteiger partial charge on any atom is 0.407 e. The van der Waals surface area contributed by atoms with Gasteiger partial charge in [0, 0.05) is 26.1 Å². The summed E-state index contributed by atoms with van der Waals surface area (Å²) in [4.78, 5) is 13.1. The normalized spacial score (nSPS) is 22.8. The predicted octanol–water partition coefficient (Wildman–Crippen LogP) is 3.91. The Hall–Kier alpha value is -2.46. The number of alkyl carbamates (subject to hydrolysis) is 1. The summed E-state index contributed by atoms with van der Waals surface area (Å²) in [5.74, 6) is 0.465. The summed E-state index contributed by atoms with van der Waals surface area (Å²) in [5.41, 5.74) is 1.87. The Morgan fingerprint density at radius 2 is 1.82 bits per heavy atom. The molecule has 0 radical (unpaired) electrons.